The fraction of sp³-hybridized carbons (Fsp3) is 0.467. The topological polar surface area (TPSA) is 23.6 Å². The van der Waals surface area contributed by atoms with E-state index in [0.29, 0.717) is 12.3 Å². The molecule has 1 heterocycles. The molecule has 0 aliphatic carbocycles. The summed E-state index contributed by atoms with van der Waals surface area (Å²) >= 11 is 10.4. The predicted octanol–water partition coefficient (Wildman–Crippen LogP) is 3.52. The maximum Gasteiger partial charge on any atom is 0.233 e. The summed E-state index contributed by atoms with van der Waals surface area (Å²) < 4.78 is 1.89. The molecule has 0 unspecified atom stereocenters. The third-order valence-electron chi connectivity index (χ3n) is 3.47. The van der Waals surface area contributed by atoms with Crippen molar-refractivity contribution >= 4 is 50.1 Å². The molecule has 1 aromatic rings. The van der Waals surface area contributed by atoms with Crippen molar-refractivity contribution in [3.05, 3.63) is 34.3 Å². The maximum atomic E-state index is 12.2. The molecule has 1 saturated heterocycles. The van der Waals surface area contributed by atoms with Crippen molar-refractivity contribution < 1.29 is 4.79 Å². The molecule has 2 rings (SSSR count). The normalized spacial score (nSPS) is 14.3. The molecule has 3 nitrogen and oxygen atoms in total. The SMILES string of the molecule is CN(Cc1ccccc1Br)C(=O)CSC(=S)N1CCCC1. The molecule has 0 saturated carbocycles. The summed E-state index contributed by atoms with van der Waals surface area (Å²) in [7, 11) is 1.83. The van der Waals surface area contributed by atoms with E-state index < -0.39 is 0 Å². The first-order valence-corrected chi connectivity index (χ1v) is 9.15. The Labute approximate surface area is 144 Å². The second-order valence-electron chi connectivity index (χ2n) is 5.09. The Kier molecular flexibility index (Phi) is 6.51. The minimum atomic E-state index is 0.109. The number of carbonyl (C=O) groups is 1. The number of thiocarbonyl (C=S) groups is 1. The Morgan fingerprint density at radius 3 is 2.71 bits per heavy atom. The van der Waals surface area contributed by atoms with Crippen molar-refractivity contribution in [3.8, 4) is 0 Å². The van der Waals surface area contributed by atoms with Crippen LogP contribution in [0.5, 0.6) is 0 Å². The van der Waals surface area contributed by atoms with Crippen molar-refractivity contribution in [2.45, 2.75) is 19.4 Å². The van der Waals surface area contributed by atoms with Crippen LogP contribution < -0.4 is 0 Å². The van der Waals surface area contributed by atoms with Gasteiger partial charge < -0.3 is 9.80 Å². The summed E-state index contributed by atoms with van der Waals surface area (Å²) in [5.74, 6) is 0.522. The van der Waals surface area contributed by atoms with Gasteiger partial charge in [0.15, 0.2) is 0 Å². The number of nitrogens with zero attached hydrogens (tertiary/aromatic N) is 2. The second-order valence-corrected chi connectivity index (χ2v) is 7.55. The van der Waals surface area contributed by atoms with Crippen molar-refractivity contribution in [2.75, 3.05) is 25.9 Å². The van der Waals surface area contributed by atoms with Crippen LogP contribution in [0.3, 0.4) is 0 Å². The number of rotatable bonds is 4. The summed E-state index contributed by atoms with van der Waals surface area (Å²) in [6.45, 7) is 2.68. The largest absolute Gasteiger partial charge is 0.358 e. The zero-order chi connectivity index (χ0) is 15.2. The van der Waals surface area contributed by atoms with Gasteiger partial charge in [-0.05, 0) is 24.5 Å². The number of carbonyl (C=O) groups excluding carboxylic acids is 1. The first kappa shape index (κ1) is 16.8. The lowest BCUT2D eigenvalue weighted by molar-refractivity contribution is -0.127. The van der Waals surface area contributed by atoms with Crippen LogP contribution >= 0.6 is 39.9 Å². The Balaban J connectivity index is 1.80. The summed E-state index contributed by atoms with van der Waals surface area (Å²) in [5, 5.41) is 0. The smallest absolute Gasteiger partial charge is 0.233 e. The second kappa shape index (κ2) is 8.15. The molecule has 0 atom stereocenters. The highest BCUT2D eigenvalue weighted by Gasteiger charge is 2.17. The van der Waals surface area contributed by atoms with Gasteiger partial charge in [-0.2, -0.15) is 0 Å². The number of hydrogen-bond donors (Lipinski definition) is 0. The van der Waals surface area contributed by atoms with E-state index in [4.69, 9.17) is 12.2 Å². The highest BCUT2D eigenvalue weighted by Crippen LogP contribution is 2.19. The van der Waals surface area contributed by atoms with E-state index >= 15 is 0 Å². The average Bonchev–Trinajstić information content (AvgIpc) is 3.01. The maximum absolute atomic E-state index is 12.2. The number of likely N-dealkylation sites (tertiary alicyclic amines) is 1. The molecule has 0 spiro atoms. The van der Waals surface area contributed by atoms with Crippen LogP contribution in [-0.4, -0.2) is 45.9 Å². The molecule has 21 heavy (non-hydrogen) atoms. The molecule has 0 bridgehead atoms. The summed E-state index contributed by atoms with van der Waals surface area (Å²) in [4.78, 5) is 16.1. The third kappa shape index (κ3) is 4.97. The van der Waals surface area contributed by atoms with Crippen LogP contribution in [0.2, 0.25) is 0 Å². The monoisotopic (exact) mass is 386 g/mol. The van der Waals surface area contributed by atoms with Crippen molar-refractivity contribution in [1.82, 2.24) is 9.80 Å². The molecule has 0 N–H and O–H groups in total. The predicted molar refractivity (Wildman–Crippen MR) is 96.5 cm³/mol. The van der Waals surface area contributed by atoms with Crippen LogP contribution in [0.1, 0.15) is 18.4 Å². The van der Waals surface area contributed by atoms with Gasteiger partial charge in [0.1, 0.15) is 4.32 Å². The Hall–Kier alpha value is -0.590. The number of hydrogen-bond acceptors (Lipinski definition) is 3. The first-order valence-electron chi connectivity index (χ1n) is 6.97. The highest BCUT2D eigenvalue weighted by molar-refractivity contribution is 9.10. The Bertz CT molecular complexity index is 518. The fourth-order valence-corrected chi connectivity index (χ4v) is 3.80. The van der Waals surface area contributed by atoms with E-state index in [1.54, 1.807) is 4.90 Å². The van der Waals surface area contributed by atoms with Crippen LogP contribution in [0.4, 0.5) is 0 Å². The Morgan fingerprint density at radius 2 is 2.05 bits per heavy atom. The number of halogens is 1. The number of benzene rings is 1. The van der Waals surface area contributed by atoms with E-state index in [9.17, 15) is 4.79 Å². The average molecular weight is 387 g/mol. The number of amides is 1. The van der Waals surface area contributed by atoms with Gasteiger partial charge in [-0.1, -0.05) is 58.1 Å². The summed E-state index contributed by atoms with van der Waals surface area (Å²) in [6.07, 6.45) is 2.41. The third-order valence-corrected chi connectivity index (χ3v) is 5.76. The molecule has 114 valence electrons. The highest BCUT2D eigenvalue weighted by atomic mass is 79.9. The summed E-state index contributed by atoms with van der Waals surface area (Å²) in [5.41, 5.74) is 1.11. The molecular weight excluding hydrogens is 368 g/mol. The van der Waals surface area contributed by atoms with Gasteiger partial charge in [0, 0.05) is 31.2 Å². The van der Waals surface area contributed by atoms with Gasteiger partial charge in [0.2, 0.25) is 5.91 Å². The first-order chi connectivity index (χ1) is 10.1. The molecule has 6 heteroatoms. The fourth-order valence-electron chi connectivity index (χ4n) is 2.19. The lowest BCUT2D eigenvalue weighted by Gasteiger charge is -2.20. The molecule has 0 aromatic heterocycles. The Morgan fingerprint density at radius 1 is 1.38 bits per heavy atom. The minimum absolute atomic E-state index is 0.109. The zero-order valence-electron chi connectivity index (χ0n) is 12.0. The zero-order valence-corrected chi connectivity index (χ0v) is 15.3. The van der Waals surface area contributed by atoms with Crippen LogP contribution in [0.15, 0.2) is 28.7 Å². The lowest BCUT2D eigenvalue weighted by atomic mass is 10.2. The van der Waals surface area contributed by atoms with E-state index in [0.717, 1.165) is 27.4 Å². The molecule has 1 fully saturated rings. The van der Waals surface area contributed by atoms with Crippen LogP contribution in [0.25, 0.3) is 0 Å². The molecule has 1 amide bonds. The minimum Gasteiger partial charge on any atom is -0.358 e. The molecule has 1 aliphatic rings. The van der Waals surface area contributed by atoms with E-state index in [1.165, 1.54) is 24.6 Å². The quantitative estimate of drug-likeness (QED) is 0.738. The molecule has 1 aromatic carbocycles. The van der Waals surface area contributed by atoms with Gasteiger partial charge in [-0.25, -0.2) is 0 Å². The lowest BCUT2D eigenvalue weighted by Crippen LogP contribution is -2.30. The van der Waals surface area contributed by atoms with Gasteiger partial charge in [-0.3, -0.25) is 4.79 Å². The van der Waals surface area contributed by atoms with Crippen LogP contribution in [0, 0.1) is 0 Å². The van der Waals surface area contributed by atoms with E-state index in [1.807, 2.05) is 31.3 Å². The van der Waals surface area contributed by atoms with Crippen molar-refractivity contribution in [2.24, 2.45) is 0 Å². The van der Waals surface area contributed by atoms with E-state index in [-0.39, 0.29) is 5.91 Å². The van der Waals surface area contributed by atoms with E-state index in [2.05, 4.69) is 20.8 Å². The van der Waals surface area contributed by atoms with Gasteiger partial charge >= 0.3 is 0 Å². The van der Waals surface area contributed by atoms with Crippen molar-refractivity contribution in [1.29, 1.82) is 0 Å². The molecule has 0 radical (unpaired) electrons. The standard InChI is InChI=1S/C15H19BrN2OS2/c1-17(10-12-6-2-3-7-13(12)16)14(19)11-21-15(20)18-8-4-5-9-18/h2-3,6-7H,4-5,8-11H2,1H3. The van der Waals surface area contributed by atoms with Gasteiger partial charge in [-0.15, -0.1) is 0 Å². The van der Waals surface area contributed by atoms with Crippen molar-refractivity contribution in [3.63, 3.8) is 0 Å². The summed E-state index contributed by atoms with van der Waals surface area (Å²) in [6, 6.07) is 7.97. The van der Waals surface area contributed by atoms with Crippen LogP contribution in [-0.2, 0) is 11.3 Å². The molecule has 1 aliphatic heterocycles. The van der Waals surface area contributed by atoms with Gasteiger partial charge in [0.05, 0.1) is 5.75 Å². The van der Waals surface area contributed by atoms with Gasteiger partial charge in [0.25, 0.3) is 0 Å². The molecular formula is C15H19BrN2OS2. The number of thioether (sulfide) groups is 1.